The van der Waals surface area contributed by atoms with E-state index in [0.717, 1.165) is 5.56 Å². The van der Waals surface area contributed by atoms with Crippen LogP contribution in [-0.2, 0) is 22.1 Å². The largest absolute Gasteiger partial charge is 0.330 e. The van der Waals surface area contributed by atoms with Crippen LogP contribution in [0.2, 0.25) is 0 Å². The highest BCUT2D eigenvalue weighted by molar-refractivity contribution is 7.91. The summed E-state index contributed by atoms with van der Waals surface area (Å²) >= 11 is 0. The lowest BCUT2D eigenvalue weighted by atomic mass is 10.2. The molecular formula is C16H22N2O2S. The van der Waals surface area contributed by atoms with Crippen molar-refractivity contribution < 1.29 is 8.42 Å². The van der Waals surface area contributed by atoms with Crippen LogP contribution in [0.4, 0.5) is 0 Å². The molecule has 0 radical (unpaired) electrons. The third kappa shape index (κ3) is 3.94. The summed E-state index contributed by atoms with van der Waals surface area (Å²) in [5.74, 6) is 0.700. The summed E-state index contributed by atoms with van der Waals surface area (Å²) in [6, 6.07) is 9.96. The first-order valence-electron chi connectivity index (χ1n) is 7.15. The molecule has 1 aromatic heterocycles. The Labute approximate surface area is 126 Å². The zero-order valence-electron chi connectivity index (χ0n) is 12.7. The van der Waals surface area contributed by atoms with E-state index in [9.17, 15) is 8.42 Å². The maximum absolute atomic E-state index is 12.4. The summed E-state index contributed by atoms with van der Waals surface area (Å²) < 4.78 is 26.7. The topological polar surface area (TPSA) is 52.0 Å². The highest BCUT2D eigenvalue weighted by Crippen LogP contribution is 2.17. The van der Waals surface area contributed by atoms with Crippen molar-refractivity contribution in [3.05, 3.63) is 54.1 Å². The summed E-state index contributed by atoms with van der Waals surface area (Å²) in [6.45, 7) is 6.27. The predicted octanol–water partition coefficient (Wildman–Crippen LogP) is 2.89. The average Bonchev–Trinajstić information content (AvgIpc) is 2.85. The Morgan fingerprint density at radius 3 is 2.43 bits per heavy atom. The Bertz CT molecular complexity index is 675. The molecule has 0 fully saturated rings. The van der Waals surface area contributed by atoms with Gasteiger partial charge in [-0.25, -0.2) is 13.4 Å². The quantitative estimate of drug-likeness (QED) is 0.824. The van der Waals surface area contributed by atoms with Crippen molar-refractivity contribution in [2.24, 2.45) is 5.92 Å². The van der Waals surface area contributed by atoms with Gasteiger partial charge in [0, 0.05) is 18.9 Å². The molecule has 2 aromatic rings. The summed E-state index contributed by atoms with van der Waals surface area (Å²) in [6.07, 6.45) is 3.49. The van der Waals surface area contributed by atoms with Crippen LogP contribution in [0.15, 0.2) is 42.7 Å². The molecule has 0 bridgehead atoms. The molecule has 0 saturated heterocycles. The average molecular weight is 306 g/mol. The fraction of sp³-hybridized carbons (Fsp3) is 0.438. The van der Waals surface area contributed by atoms with Crippen molar-refractivity contribution in [2.45, 2.75) is 38.3 Å². The van der Waals surface area contributed by atoms with Gasteiger partial charge >= 0.3 is 0 Å². The number of aromatic nitrogens is 2. The highest BCUT2D eigenvalue weighted by atomic mass is 32.2. The first kappa shape index (κ1) is 15.8. The minimum atomic E-state index is -3.18. The summed E-state index contributed by atoms with van der Waals surface area (Å²) in [5.41, 5.74) is 1.13. The maximum atomic E-state index is 12.4. The lowest BCUT2D eigenvalue weighted by molar-refractivity contribution is 0.542. The first-order valence-corrected chi connectivity index (χ1v) is 8.87. The number of imidazole rings is 1. The smallest absolute Gasteiger partial charge is 0.160 e. The van der Waals surface area contributed by atoms with Crippen LogP contribution in [0.3, 0.4) is 0 Å². The lowest BCUT2D eigenvalue weighted by Gasteiger charge is -2.16. The van der Waals surface area contributed by atoms with Crippen molar-refractivity contribution in [2.75, 3.05) is 0 Å². The third-order valence-corrected chi connectivity index (χ3v) is 6.17. The van der Waals surface area contributed by atoms with Gasteiger partial charge in [0.15, 0.2) is 9.84 Å². The zero-order chi connectivity index (χ0) is 15.5. The number of rotatable bonds is 6. The van der Waals surface area contributed by atoms with Crippen molar-refractivity contribution >= 4 is 9.84 Å². The molecule has 5 heteroatoms. The van der Waals surface area contributed by atoms with Crippen LogP contribution in [0.5, 0.6) is 0 Å². The zero-order valence-corrected chi connectivity index (χ0v) is 13.5. The minimum Gasteiger partial charge on any atom is -0.330 e. The van der Waals surface area contributed by atoms with Crippen LogP contribution in [-0.4, -0.2) is 23.2 Å². The van der Waals surface area contributed by atoms with E-state index in [1.54, 1.807) is 13.1 Å². The molecule has 1 aromatic carbocycles. The minimum absolute atomic E-state index is 0.00776. The molecule has 0 aliphatic heterocycles. The summed E-state index contributed by atoms with van der Waals surface area (Å²) in [5, 5.41) is -0.362. The molecule has 1 heterocycles. The normalized spacial score (nSPS) is 13.5. The van der Waals surface area contributed by atoms with Crippen LogP contribution in [0.1, 0.15) is 32.2 Å². The molecule has 0 unspecified atom stereocenters. The maximum Gasteiger partial charge on any atom is 0.160 e. The molecule has 0 saturated carbocycles. The molecule has 0 spiro atoms. The number of hydrogen-bond acceptors (Lipinski definition) is 3. The van der Waals surface area contributed by atoms with Crippen LogP contribution in [0.25, 0.3) is 0 Å². The van der Waals surface area contributed by atoms with Gasteiger partial charge in [0.25, 0.3) is 0 Å². The Morgan fingerprint density at radius 2 is 1.81 bits per heavy atom. The van der Waals surface area contributed by atoms with Crippen LogP contribution < -0.4 is 0 Å². The van der Waals surface area contributed by atoms with Gasteiger partial charge in [0.1, 0.15) is 11.6 Å². The summed E-state index contributed by atoms with van der Waals surface area (Å²) in [7, 11) is -3.18. The van der Waals surface area contributed by atoms with Gasteiger partial charge in [-0.2, -0.15) is 0 Å². The van der Waals surface area contributed by atoms with E-state index in [1.165, 1.54) is 0 Å². The van der Waals surface area contributed by atoms with Gasteiger partial charge in [0.2, 0.25) is 0 Å². The Balaban J connectivity index is 2.18. The van der Waals surface area contributed by atoms with Gasteiger partial charge in [-0.15, -0.1) is 0 Å². The van der Waals surface area contributed by atoms with E-state index in [0.29, 0.717) is 12.4 Å². The molecule has 21 heavy (non-hydrogen) atoms. The summed E-state index contributed by atoms with van der Waals surface area (Å²) in [4.78, 5) is 4.22. The number of sulfone groups is 1. The second-order valence-corrected chi connectivity index (χ2v) is 8.07. The molecule has 114 valence electrons. The van der Waals surface area contributed by atoms with Crippen LogP contribution >= 0.6 is 0 Å². The van der Waals surface area contributed by atoms with E-state index in [-0.39, 0.29) is 16.9 Å². The van der Waals surface area contributed by atoms with Gasteiger partial charge in [0.05, 0.1) is 5.25 Å². The van der Waals surface area contributed by atoms with E-state index >= 15 is 0 Å². The third-order valence-electron chi connectivity index (χ3n) is 3.83. The Hall–Kier alpha value is -1.62. The van der Waals surface area contributed by atoms with Crippen molar-refractivity contribution in [1.82, 2.24) is 9.55 Å². The predicted molar refractivity (Wildman–Crippen MR) is 84.7 cm³/mol. The van der Waals surface area contributed by atoms with E-state index in [4.69, 9.17) is 0 Å². The monoisotopic (exact) mass is 306 g/mol. The standard InChI is InChI=1S/C16H22N2O2S/c1-13(2)14(3)21(19,20)12-16-17-9-10-18(16)11-15-7-5-4-6-8-15/h4-10,13-14H,11-12H2,1-3H3/t14-/m1/s1. The Morgan fingerprint density at radius 1 is 1.14 bits per heavy atom. The van der Waals surface area contributed by atoms with E-state index in [2.05, 4.69) is 4.98 Å². The molecule has 1 atom stereocenters. The molecule has 2 rings (SSSR count). The van der Waals surface area contributed by atoms with Crippen molar-refractivity contribution in [3.63, 3.8) is 0 Å². The number of benzene rings is 1. The SMILES string of the molecule is CC(C)[C@@H](C)S(=O)(=O)Cc1nccn1Cc1ccccc1. The molecule has 0 aliphatic rings. The van der Waals surface area contributed by atoms with Gasteiger partial charge in [-0.05, 0) is 18.4 Å². The number of hydrogen-bond donors (Lipinski definition) is 0. The highest BCUT2D eigenvalue weighted by Gasteiger charge is 2.25. The lowest BCUT2D eigenvalue weighted by Crippen LogP contribution is -2.26. The van der Waals surface area contributed by atoms with E-state index in [1.807, 2.05) is 54.9 Å². The van der Waals surface area contributed by atoms with Gasteiger partial charge in [-0.3, -0.25) is 0 Å². The fourth-order valence-corrected chi connectivity index (χ4v) is 3.82. The molecule has 0 N–H and O–H groups in total. The van der Waals surface area contributed by atoms with Gasteiger partial charge in [-0.1, -0.05) is 44.2 Å². The molecule has 4 nitrogen and oxygen atoms in total. The van der Waals surface area contributed by atoms with Crippen molar-refractivity contribution in [3.8, 4) is 0 Å². The second-order valence-electron chi connectivity index (χ2n) is 5.71. The second kappa shape index (κ2) is 6.43. The molecule has 0 amide bonds. The molecular weight excluding hydrogens is 284 g/mol. The Kier molecular flexibility index (Phi) is 4.83. The molecule has 0 aliphatic carbocycles. The van der Waals surface area contributed by atoms with Crippen LogP contribution in [0, 0.1) is 5.92 Å². The van der Waals surface area contributed by atoms with Crippen molar-refractivity contribution in [1.29, 1.82) is 0 Å². The first-order chi connectivity index (χ1) is 9.90. The fourth-order valence-electron chi connectivity index (χ4n) is 2.13. The van der Waals surface area contributed by atoms with Gasteiger partial charge < -0.3 is 4.57 Å². The number of nitrogens with zero attached hydrogens (tertiary/aromatic N) is 2. The van der Waals surface area contributed by atoms with E-state index < -0.39 is 9.84 Å².